The molecule has 0 fully saturated rings. The van der Waals surface area contributed by atoms with E-state index in [1.165, 1.54) is 18.2 Å². The van der Waals surface area contributed by atoms with Crippen LogP contribution in [-0.4, -0.2) is 22.0 Å². The molecule has 7 heteroatoms. The van der Waals surface area contributed by atoms with Crippen molar-refractivity contribution in [2.75, 3.05) is 0 Å². The third-order valence-corrected chi connectivity index (χ3v) is 4.05. The standard InChI is InChI=1S/C18H16N4O3/c1-11-13(7-5-9-17(11)22(24)25)18(23)21-19-10-15-12(2)20-16-8-4-3-6-14(15)16/h3-10,20H,1-2H3,(H,21,23)/b19-10+. The largest absolute Gasteiger partial charge is 0.358 e. The Morgan fingerprint density at radius 3 is 2.72 bits per heavy atom. The lowest BCUT2D eigenvalue weighted by atomic mass is 10.1. The van der Waals surface area contributed by atoms with Gasteiger partial charge < -0.3 is 4.98 Å². The van der Waals surface area contributed by atoms with E-state index in [9.17, 15) is 14.9 Å². The van der Waals surface area contributed by atoms with Gasteiger partial charge in [0.25, 0.3) is 11.6 Å². The maximum absolute atomic E-state index is 12.3. The summed E-state index contributed by atoms with van der Waals surface area (Å²) in [5.74, 6) is -0.491. The molecule has 3 aromatic rings. The smallest absolute Gasteiger partial charge is 0.273 e. The lowest BCUT2D eigenvalue weighted by Gasteiger charge is -2.04. The predicted octanol–water partition coefficient (Wildman–Crippen LogP) is 3.46. The van der Waals surface area contributed by atoms with Crippen molar-refractivity contribution in [2.24, 2.45) is 5.10 Å². The number of amides is 1. The number of carbonyl (C=O) groups is 1. The van der Waals surface area contributed by atoms with E-state index >= 15 is 0 Å². The van der Waals surface area contributed by atoms with Crippen LogP contribution in [0.3, 0.4) is 0 Å². The molecule has 1 heterocycles. The maximum atomic E-state index is 12.3. The predicted molar refractivity (Wildman–Crippen MR) is 95.9 cm³/mol. The molecule has 1 aromatic heterocycles. The highest BCUT2D eigenvalue weighted by Crippen LogP contribution is 2.21. The van der Waals surface area contributed by atoms with E-state index in [1.807, 2.05) is 31.2 Å². The zero-order valence-corrected chi connectivity index (χ0v) is 13.7. The van der Waals surface area contributed by atoms with Crippen LogP contribution in [-0.2, 0) is 0 Å². The maximum Gasteiger partial charge on any atom is 0.273 e. The van der Waals surface area contributed by atoms with Gasteiger partial charge >= 0.3 is 0 Å². The molecule has 2 aromatic carbocycles. The molecule has 1 amide bonds. The summed E-state index contributed by atoms with van der Waals surface area (Å²) in [5, 5.41) is 16.0. The van der Waals surface area contributed by atoms with E-state index in [0.29, 0.717) is 5.56 Å². The fraction of sp³-hybridized carbons (Fsp3) is 0.111. The number of H-pyrrole nitrogens is 1. The first-order chi connectivity index (χ1) is 12.0. The molecule has 0 aliphatic rings. The summed E-state index contributed by atoms with van der Waals surface area (Å²) in [5.41, 5.74) is 5.67. The third-order valence-electron chi connectivity index (χ3n) is 4.05. The van der Waals surface area contributed by atoms with Gasteiger partial charge in [0.15, 0.2) is 0 Å². The summed E-state index contributed by atoms with van der Waals surface area (Å²) < 4.78 is 0. The second kappa shape index (κ2) is 6.56. The Hall–Kier alpha value is -3.48. The number of para-hydroxylation sites is 1. The molecule has 7 nitrogen and oxygen atoms in total. The number of aromatic amines is 1. The monoisotopic (exact) mass is 336 g/mol. The molecule has 0 unspecified atom stereocenters. The number of rotatable bonds is 4. The summed E-state index contributed by atoms with van der Waals surface area (Å²) in [6.45, 7) is 3.47. The molecule has 0 saturated heterocycles. The number of nitrogens with zero attached hydrogens (tertiary/aromatic N) is 2. The number of hydrazone groups is 1. The van der Waals surface area contributed by atoms with Gasteiger partial charge in [-0.2, -0.15) is 5.10 Å². The molecule has 126 valence electrons. The first-order valence-electron chi connectivity index (χ1n) is 7.63. The number of hydrogen-bond donors (Lipinski definition) is 2. The zero-order valence-electron chi connectivity index (χ0n) is 13.7. The fourth-order valence-corrected chi connectivity index (χ4v) is 2.75. The van der Waals surface area contributed by atoms with Crippen molar-refractivity contribution in [2.45, 2.75) is 13.8 Å². The van der Waals surface area contributed by atoms with Gasteiger partial charge in [0, 0.05) is 33.8 Å². The number of carbonyl (C=O) groups excluding carboxylic acids is 1. The summed E-state index contributed by atoms with van der Waals surface area (Å²) in [4.78, 5) is 26.0. The second-order valence-corrected chi connectivity index (χ2v) is 5.62. The molecule has 0 aliphatic carbocycles. The summed E-state index contributed by atoms with van der Waals surface area (Å²) >= 11 is 0. The van der Waals surface area contributed by atoms with Crippen molar-refractivity contribution >= 4 is 28.7 Å². The van der Waals surface area contributed by atoms with Crippen molar-refractivity contribution in [1.82, 2.24) is 10.4 Å². The zero-order chi connectivity index (χ0) is 18.0. The van der Waals surface area contributed by atoms with Crippen molar-refractivity contribution in [3.05, 3.63) is 75.0 Å². The number of fused-ring (bicyclic) bond motifs is 1. The van der Waals surface area contributed by atoms with Crippen LogP contribution in [0.1, 0.15) is 27.2 Å². The fourth-order valence-electron chi connectivity index (χ4n) is 2.75. The summed E-state index contributed by atoms with van der Waals surface area (Å²) in [6, 6.07) is 12.2. The van der Waals surface area contributed by atoms with Crippen LogP contribution < -0.4 is 5.43 Å². The van der Waals surface area contributed by atoms with E-state index in [1.54, 1.807) is 13.1 Å². The minimum absolute atomic E-state index is 0.0934. The van der Waals surface area contributed by atoms with Gasteiger partial charge in [-0.3, -0.25) is 14.9 Å². The highest BCUT2D eigenvalue weighted by Gasteiger charge is 2.17. The normalized spacial score (nSPS) is 11.1. The average molecular weight is 336 g/mol. The minimum atomic E-state index is -0.509. The molecule has 0 saturated carbocycles. The van der Waals surface area contributed by atoms with Crippen LogP contribution in [0.4, 0.5) is 5.69 Å². The second-order valence-electron chi connectivity index (χ2n) is 5.62. The SMILES string of the molecule is Cc1[nH]c2ccccc2c1/C=N/NC(=O)c1cccc([N+](=O)[O-])c1C. The first-order valence-corrected chi connectivity index (χ1v) is 7.63. The van der Waals surface area contributed by atoms with Gasteiger partial charge in [0.2, 0.25) is 0 Å². The number of nitro benzene ring substituents is 1. The molecule has 0 aliphatic heterocycles. The quantitative estimate of drug-likeness (QED) is 0.433. The van der Waals surface area contributed by atoms with Gasteiger partial charge in [0.1, 0.15) is 0 Å². The number of nitrogens with one attached hydrogen (secondary N) is 2. The van der Waals surface area contributed by atoms with Crippen molar-refractivity contribution in [1.29, 1.82) is 0 Å². The van der Waals surface area contributed by atoms with Crippen LogP contribution in [0.2, 0.25) is 0 Å². The Labute approximate surface area is 143 Å². The van der Waals surface area contributed by atoms with Gasteiger partial charge in [-0.25, -0.2) is 5.43 Å². The molecule has 0 atom stereocenters. The number of hydrogen-bond acceptors (Lipinski definition) is 4. The van der Waals surface area contributed by atoms with Crippen LogP contribution in [0.15, 0.2) is 47.6 Å². The molecule has 0 radical (unpaired) electrons. The lowest BCUT2D eigenvalue weighted by Crippen LogP contribution is -2.19. The Balaban J connectivity index is 1.83. The third kappa shape index (κ3) is 3.12. The number of nitro groups is 1. The van der Waals surface area contributed by atoms with Gasteiger partial charge in [-0.1, -0.05) is 24.3 Å². The molecular weight excluding hydrogens is 320 g/mol. The number of aryl methyl sites for hydroxylation is 1. The Bertz CT molecular complexity index is 1000. The first kappa shape index (κ1) is 16.4. The molecule has 25 heavy (non-hydrogen) atoms. The van der Waals surface area contributed by atoms with E-state index < -0.39 is 10.8 Å². The van der Waals surface area contributed by atoms with Crippen LogP contribution in [0, 0.1) is 24.0 Å². The molecule has 0 bridgehead atoms. The van der Waals surface area contributed by atoms with E-state index in [0.717, 1.165) is 22.2 Å². The van der Waals surface area contributed by atoms with E-state index in [-0.39, 0.29) is 11.3 Å². The van der Waals surface area contributed by atoms with E-state index in [2.05, 4.69) is 15.5 Å². The molecule has 2 N–H and O–H groups in total. The van der Waals surface area contributed by atoms with Gasteiger partial charge in [0.05, 0.1) is 16.7 Å². The van der Waals surface area contributed by atoms with Gasteiger partial charge in [-0.05, 0) is 26.0 Å². The van der Waals surface area contributed by atoms with Crippen LogP contribution in [0.25, 0.3) is 10.9 Å². The van der Waals surface area contributed by atoms with Crippen LogP contribution in [0.5, 0.6) is 0 Å². The van der Waals surface area contributed by atoms with E-state index in [4.69, 9.17) is 0 Å². The summed E-state index contributed by atoms with van der Waals surface area (Å²) in [6.07, 6.45) is 1.57. The van der Waals surface area contributed by atoms with Crippen molar-refractivity contribution in [3.8, 4) is 0 Å². The Kier molecular flexibility index (Phi) is 4.30. The number of aromatic nitrogens is 1. The lowest BCUT2D eigenvalue weighted by molar-refractivity contribution is -0.385. The van der Waals surface area contributed by atoms with Crippen molar-refractivity contribution < 1.29 is 9.72 Å². The molecule has 3 rings (SSSR count). The Morgan fingerprint density at radius 2 is 1.96 bits per heavy atom. The van der Waals surface area contributed by atoms with Crippen molar-refractivity contribution in [3.63, 3.8) is 0 Å². The summed E-state index contributed by atoms with van der Waals surface area (Å²) in [7, 11) is 0. The highest BCUT2D eigenvalue weighted by molar-refractivity contribution is 6.02. The molecular formula is C18H16N4O3. The van der Waals surface area contributed by atoms with Gasteiger partial charge in [-0.15, -0.1) is 0 Å². The molecule has 0 spiro atoms. The average Bonchev–Trinajstić information content (AvgIpc) is 2.90. The minimum Gasteiger partial charge on any atom is -0.358 e. The topological polar surface area (TPSA) is 100 Å². The number of benzene rings is 2. The van der Waals surface area contributed by atoms with Crippen LogP contribution >= 0.6 is 0 Å². The Morgan fingerprint density at radius 1 is 1.20 bits per heavy atom. The highest BCUT2D eigenvalue weighted by atomic mass is 16.6.